The van der Waals surface area contributed by atoms with Crippen LogP contribution in [0.1, 0.15) is 44.0 Å². The van der Waals surface area contributed by atoms with E-state index in [0.29, 0.717) is 16.5 Å². The van der Waals surface area contributed by atoms with Gasteiger partial charge in [-0.05, 0) is 0 Å². The molecule has 1 heterocycles. The van der Waals surface area contributed by atoms with Crippen LogP contribution in [-0.4, -0.2) is 15.8 Å². The smallest absolute Gasteiger partial charge is 0.179 e. The highest BCUT2D eigenvalue weighted by molar-refractivity contribution is 6.33. The summed E-state index contributed by atoms with van der Waals surface area (Å²) in [5.41, 5.74) is 0.126. The number of ketones is 1. The van der Waals surface area contributed by atoms with Gasteiger partial charge in [-0.25, -0.2) is 9.97 Å². The maximum absolute atomic E-state index is 11.2. The van der Waals surface area contributed by atoms with Gasteiger partial charge in [-0.3, -0.25) is 4.79 Å². The van der Waals surface area contributed by atoms with Crippen molar-refractivity contribution in [3.8, 4) is 0 Å². The first kappa shape index (κ1) is 11.1. The number of hydrogen-bond donors (Lipinski definition) is 0. The Bertz CT molecular complexity index is 369. The van der Waals surface area contributed by atoms with Crippen LogP contribution in [0, 0.1) is 0 Å². The van der Waals surface area contributed by atoms with E-state index in [1.54, 1.807) is 0 Å². The second-order valence-corrected chi connectivity index (χ2v) is 4.60. The van der Waals surface area contributed by atoms with Crippen molar-refractivity contribution in [1.29, 1.82) is 0 Å². The van der Waals surface area contributed by atoms with Crippen LogP contribution in [0.25, 0.3) is 0 Å². The molecule has 1 aromatic heterocycles. The first-order chi connectivity index (χ1) is 6.32. The molecule has 0 aliphatic heterocycles. The zero-order valence-electron chi connectivity index (χ0n) is 8.76. The second kappa shape index (κ2) is 3.65. The van der Waals surface area contributed by atoms with E-state index in [-0.39, 0.29) is 11.2 Å². The quantitative estimate of drug-likeness (QED) is 0.673. The van der Waals surface area contributed by atoms with E-state index in [1.165, 1.54) is 13.1 Å². The van der Waals surface area contributed by atoms with Gasteiger partial charge in [-0.1, -0.05) is 32.4 Å². The summed E-state index contributed by atoms with van der Waals surface area (Å²) in [6.45, 7) is 7.40. The van der Waals surface area contributed by atoms with Gasteiger partial charge in [-0.2, -0.15) is 0 Å². The molecule has 0 bridgehead atoms. The molecular formula is C10H13ClN2O. The minimum Gasteiger partial charge on any atom is -0.293 e. The Morgan fingerprint density at radius 2 is 2.00 bits per heavy atom. The van der Waals surface area contributed by atoms with E-state index in [0.717, 1.165) is 0 Å². The normalized spacial score (nSPS) is 11.5. The van der Waals surface area contributed by atoms with E-state index in [9.17, 15) is 4.79 Å². The average Bonchev–Trinajstić information content (AvgIpc) is 2.02. The molecule has 0 fully saturated rings. The first-order valence-corrected chi connectivity index (χ1v) is 4.74. The summed E-state index contributed by atoms with van der Waals surface area (Å²) in [5.74, 6) is 0.495. The molecule has 3 nitrogen and oxygen atoms in total. The summed E-state index contributed by atoms with van der Waals surface area (Å²) < 4.78 is 0. The third-order valence-electron chi connectivity index (χ3n) is 1.75. The van der Waals surface area contributed by atoms with Crippen molar-refractivity contribution in [3.63, 3.8) is 0 Å². The number of halogens is 1. The summed E-state index contributed by atoms with van der Waals surface area (Å²) in [5, 5.41) is 0.311. The third-order valence-corrected chi connectivity index (χ3v) is 2.03. The molecule has 0 radical (unpaired) electrons. The molecule has 0 aliphatic carbocycles. The van der Waals surface area contributed by atoms with Crippen LogP contribution in [0.4, 0.5) is 0 Å². The Kier molecular flexibility index (Phi) is 2.90. The topological polar surface area (TPSA) is 42.9 Å². The fraction of sp³-hybridized carbons (Fsp3) is 0.500. The number of aromatic nitrogens is 2. The number of carbonyl (C=O) groups excluding carboxylic acids is 1. The molecule has 0 saturated carbocycles. The Labute approximate surface area is 88.5 Å². The molecule has 14 heavy (non-hydrogen) atoms. The molecule has 1 aromatic rings. The number of Topliss-reactive ketones (excluding diaryl/α,β-unsaturated/α-hetero) is 1. The summed E-state index contributed by atoms with van der Waals surface area (Å²) in [7, 11) is 0. The van der Waals surface area contributed by atoms with Gasteiger partial charge in [0, 0.05) is 18.5 Å². The van der Waals surface area contributed by atoms with Crippen LogP contribution in [0.15, 0.2) is 6.20 Å². The third kappa shape index (κ3) is 2.29. The van der Waals surface area contributed by atoms with Crippen LogP contribution >= 0.6 is 11.6 Å². The van der Waals surface area contributed by atoms with E-state index in [1.807, 2.05) is 20.8 Å². The summed E-state index contributed by atoms with van der Waals surface area (Å²) in [4.78, 5) is 19.4. The van der Waals surface area contributed by atoms with Crippen LogP contribution in [0.3, 0.4) is 0 Å². The van der Waals surface area contributed by atoms with Gasteiger partial charge in [-0.15, -0.1) is 0 Å². The second-order valence-electron chi connectivity index (χ2n) is 4.20. The Morgan fingerprint density at radius 3 is 2.43 bits per heavy atom. The Hall–Kier alpha value is -0.960. The number of carbonyl (C=O) groups is 1. The Morgan fingerprint density at radius 1 is 1.43 bits per heavy atom. The van der Waals surface area contributed by atoms with Gasteiger partial charge in [0.05, 0.1) is 5.02 Å². The van der Waals surface area contributed by atoms with Crippen molar-refractivity contribution in [2.75, 3.05) is 0 Å². The zero-order chi connectivity index (χ0) is 10.9. The first-order valence-electron chi connectivity index (χ1n) is 4.36. The SMILES string of the molecule is CC(=O)c1nc(C(C)(C)C)ncc1Cl. The summed E-state index contributed by atoms with van der Waals surface area (Å²) in [6.07, 6.45) is 1.48. The predicted molar refractivity (Wildman–Crippen MR) is 55.7 cm³/mol. The van der Waals surface area contributed by atoms with Crippen LogP contribution < -0.4 is 0 Å². The molecule has 0 aromatic carbocycles. The predicted octanol–water partition coefficient (Wildman–Crippen LogP) is 2.63. The van der Waals surface area contributed by atoms with Crippen LogP contribution in [-0.2, 0) is 5.41 Å². The minimum atomic E-state index is -0.172. The van der Waals surface area contributed by atoms with Gasteiger partial charge in [0.1, 0.15) is 11.5 Å². The maximum atomic E-state index is 11.2. The number of hydrogen-bond acceptors (Lipinski definition) is 3. The lowest BCUT2D eigenvalue weighted by Gasteiger charge is -2.16. The van der Waals surface area contributed by atoms with Gasteiger partial charge in [0.2, 0.25) is 0 Å². The van der Waals surface area contributed by atoms with Crippen LogP contribution in [0.5, 0.6) is 0 Å². The van der Waals surface area contributed by atoms with E-state index < -0.39 is 0 Å². The Balaban J connectivity index is 3.27. The summed E-state index contributed by atoms with van der Waals surface area (Å²) in [6, 6.07) is 0. The largest absolute Gasteiger partial charge is 0.293 e. The molecule has 0 amide bonds. The maximum Gasteiger partial charge on any atom is 0.179 e. The molecule has 1 rings (SSSR count). The molecular weight excluding hydrogens is 200 g/mol. The van der Waals surface area contributed by atoms with Gasteiger partial charge < -0.3 is 0 Å². The van der Waals surface area contributed by atoms with Gasteiger partial charge >= 0.3 is 0 Å². The van der Waals surface area contributed by atoms with E-state index in [2.05, 4.69) is 9.97 Å². The molecule has 0 saturated heterocycles. The fourth-order valence-corrected chi connectivity index (χ4v) is 1.20. The lowest BCUT2D eigenvalue weighted by molar-refractivity contribution is 0.101. The van der Waals surface area contributed by atoms with Crippen LogP contribution in [0.2, 0.25) is 5.02 Å². The standard InChI is InChI=1S/C10H13ClN2O/c1-6(14)8-7(11)5-12-9(13-8)10(2,3)4/h5H,1-4H3. The minimum absolute atomic E-state index is 0.136. The highest BCUT2D eigenvalue weighted by atomic mass is 35.5. The molecule has 0 N–H and O–H groups in total. The molecule has 0 atom stereocenters. The number of nitrogens with zero attached hydrogens (tertiary/aromatic N) is 2. The van der Waals surface area contributed by atoms with Crippen molar-refractivity contribution in [1.82, 2.24) is 9.97 Å². The molecule has 76 valence electrons. The van der Waals surface area contributed by atoms with Crippen molar-refractivity contribution in [2.24, 2.45) is 0 Å². The van der Waals surface area contributed by atoms with E-state index >= 15 is 0 Å². The average molecular weight is 213 g/mol. The monoisotopic (exact) mass is 212 g/mol. The lowest BCUT2D eigenvalue weighted by Crippen LogP contribution is -2.17. The van der Waals surface area contributed by atoms with Crippen molar-refractivity contribution >= 4 is 17.4 Å². The van der Waals surface area contributed by atoms with Crippen molar-refractivity contribution in [3.05, 3.63) is 22.7 Å². The van der Waals surface area contributed by atoms with Gasteiger partial charge in [0.15, 0.2) is 5.78 Å². The molecule has 0 aliphatic rings. The fourth-order valence-electron chi connectivity index (χ4n) is 0.975. The highest BCUT2D eigenvalue weighted by Gasteiger charge is 2.19. The van der Waals surface area contributed by atoms with Crippen molar-refractivity contribution in [2.45, 2.75) is 33.1 Å². The molecule has 4 heteroatoms. The summed E-state index contributed by atoms with van der Waals surface area (Å²) >= 11 is 5.80. The van der Waals surface area contributed by atoms with Gasteiger partial charge in [0.25, 0.3) is 0 Å². The van der Waals surface area contributed by atoms with Crippen molar-refractivity contribution < 1.29 is 4.79 Å². The zero-order valence-corrected chi connectivity index (χ0v) is 9.51. The molecule has 0 spiro atoms. The lowest BCUT2D eigenvalue weighted by atomic mass is 9.95. The van der Waals surface area contributed by atoms with E-state index in [4.69, 9.17) is 11.6 Å². The molecule has 0 unspecified atom stereocenters. The number of rotatable bonds is 1. The highest BCUT2D eigenvalue weighted by Crippen LogP contribution is 2.21.